The molecule has 0 spiro atoms. The first kappa shape index (κ1) is 18.7. The highest BCUT2D eigenvalue weighted by atomic mass is 32.2. The smallest absolute Gasteiger partial charge is 0.241 e. The fourth-order valence-electron chi connectivity index (χ4n) is 1.91. The Hall–Kier alpha value is -2.65. The number of rotatable bonds is 6. The Kier molecular flexibility index (Phi) is 5.60. The average Bonchev–Trinajstić information content (AvgIpc) is 2.56. The molecule has 0 aliphatic rings. The van der Waals surface area contributed by atoms with Crippen molar-refractivity contribution in [2.24, 2.45) is 0 Å². The van der Waals surface area contributed by atoms with Gasteiger partial charge in [-0.15, -0.1) is 0 Å². The lowest BCUT2D eigenvalue weighted by molar-refractivity contribution is -0.115. The molecular weight excluding hydrogens is 354 g/mol. The lowest BCUT2D eigenvalue weighted by atomic mass is 10.2. The zero-order chi connectivity index (χ0) is 18.6. The Morgan fingerprint density at radius 1 is 1.04 bits per heavy atom. The summed E-state index contributed by atoms with van der Waals surface area (Å²) >= 11 is 0. The highest BCUT2D eigenvalue weighted by Gasteiger charge is 2.17. The highest BCUT2D eigenvalue weighted by Crippen LogP contribution is 2.14. The monoisotopic (exact) mass is 368 g/mol. The van der Waals surface area contributed by atoms with Crippen LogP contribution in [0.15, 0.2) is 47.4 Å². The summed E-state index contributed by atoms with van der Waals surface area (Å²) in [7, 11) is -4.02. The van der Waals surface area contributed by atoms with Crippen LogP contribution in [0.5, 0.6) is 0 Å². The number of carbonyl (C=O) groups excluding carboxylic acids is 2. The van der Waals surface area contributed by atoms with Crippen molar-refractivity contribution in [3.63, 3.8) is 0 Å². The van der Waals surface area contributed by atoms with Gasteiger partial charge in [-0.1, -0.05) is 12.1 Å². The zero-order valence-electron chi connectivity index (χ0n) is 13.0. The van der Waals surface area contributed by atoms with Crippen LogP contribution in [0.25, 0.3) is 0 Å². The second-order valence-corrected chi connectivity index (χ2v) is 6.85. The molecular formula is C16H14F2N2O4S. The van der Waals surface area contributed by atoms with Gasteiger partial charge in [-0.05, 0) is 31.2 Å². The molecule has 0 aromatic heterocycles. The molecule has 1 amide bonds. The minimum absolute atomic E-state index is 0.0123. The predicted octanol–water partition coefficient (Wildman–Crippen LogP) is 2.08. The van der Waals surface area contributed by atoms with Gasteiger partial charge in [-0.3, -0.25) is 9.59 Å². The van der Waals surface area contributed by atoms with Crippen LogP contribution in [0, 0.1) is 11.6 Å². The lowest BCUT2D eigenvalue weighted by Crippen LogP contribution is -2.33. The molecule has 0 unspecified atom stereocenters. The molecule has 0 heterocycles. The van der Waals surface area contributed by atoms with Crippen LogP contribution in [0.3, 0.4) is 0 Å². The van der Waals surface area contributed by atoms with E-state index in [1.54, 1.807) is 0 Å². The molecule has 2 aromatic carbocycles. The third-order valence-corrected chi connectivity index (χ3v) is 4.58. The predicted molar refractivity (Wildman–Crippen MR) is 86.6 cm³/mol. The Morgan fingerprint density at radius 2 is 1.76 bits per heavy atom. The van der Waals surface area contributed by atoms with Crippen molar-refractivity contribution in [1.82, 2.24) is 4.72 Å². The van der Waals surface area contributed by atoms with Crippen LogP contribution >= 0.6 is 0 Å². The minimum atomic E-state index is -4.02. The molecule has 0 atom stereocenters. The molecule has 9 heteroatoms. The van der Waals surface area contributed by atoms with E-state index < -0.39 is 34.1 Å². The number of carbonyl (C=O) groups is 2. The Bertz CT molecular complexity index is 929. The van der Waals surface area contributed by atoms with Crippen LogP contribution in [0.1, 0.15) is 17.3 Å². The summed E-state index contributed by atoms with van der Waals surface area (Å²) in [5.41, 5.74) is 0.204. The van der Waals surface area contributed by atoms with Crippen LogP contribution in [-0.2, 0) is 14.8 Å². The normalized spacial score (nSPS) is 11.2. The molecule has 0 bridgehead atoms. The number of nitrogens with one attached hydrogen (secondary N) is 2. The number of ketones is 1. The van der Waals surface area contributed by atoms with Crippen LogP contribution in [0.4, 0.5) is 14.5 Å². The molecule has 132 valence electrons. The summed E-state index contributed by atoms with van der Waals surface area (Å²) in [5.74, 6) is -3.27. The van der Waals surface area contributed by atoms with Gasteiger partial charge in [0.1, 0.15) is 0 Å². The van der Waals surface area contributed by atoms with E-state index in [0.717, 1.165) is 18.2 Å². The largest absolute Gasteiger partial charge is 0.325 e. The molecule has 25 heavy (non-hydrogen) atoms. The van der Waals surface area contributed by atoms with E-state index in [2.05, 4.69) is 10.0 Å². The molecule has 0 aliphatic heterocycles. The van der Waals surface area contributed by atoms with Crippen molar-refractivity contribution in [1.29, 1.82) is 0 Å². The molecule has 0 saturated carbocycles. The molecule has 6 nitrogen and oxygen atoms in total. The van der Waals surface area contributed by atoms with Crippen LogP contribution < -0.4 is 10.0 Å². The first-order valence-electron chi connectivity index (χ1n) is 7.04. The molecule has 0 fully saturated rings. The minimum Gasteiger partial charge on any atom is -0.325 e. The van der Waals surface area contributed by atoms with Crippen molar-refractivity contribution >= 4 is 27.4 Å². The molecule has 0 saturated heterocycles. The van der Waals surface area contributed by atoms with Crippen molar-refractivity contribution in [3.8, 4) is 0 Å². The molecule has 0 radical (unpaired) electrons. The third-order valence-electron chi connectivity index (χ3n) is 3.18. The third kappa shape index (κ3) is 4.91. The van der Waals surface area contributed by atoms with E-state index in [1.165, 1.54) is 31.2 Å². The van der Waals surface area contributed by atoms with Crippen molar-refractivity contribution in [3.05, 3.63) is 59.7 Å². The Balaban J connectivity index is 2.03. The SMILES string of the molecule is CC(=O)c1cccc(S(=O)(=O)NCC(=O)Nc2ccc(F)c(F)c2)c1. The summed E-state index contributed by atoms with van der Waals surface area (Å²) in [6.07, 6.45) is 0. The van der Waals surface area contributed by atoms with Gasteiger partial charge in [0.15, 0.2) is 17.4 Å². The van der Waals surface area contributed by atoms with Crippen molar-refractivity contribution < 1.29 is 26.8 Å². The maximum atomic E-state index is 13.1. The van der Waals surface area contributed by atoms with E-state index >= 15 is 0 Å². The fourth-order valence-corrected chi connectivity index (χ4v) is 2.93. The van der Waals surface area contributed by atoms with Gasteiger partial charge in [0.25, 0.3) is 0 Å². The van der Waals surface area contributed by atoms with E-state index in [4.69, 9.17) is 0 Å². The summed E-state index contributed by atoms with van der Waals surface area (Å²) in [5, 5.41) is 2.24. The highest BCUT2D eigenvalue weighted by molar-refractivity contribution is 7.89. The second kappa shape index (κ2) is 7.49. The van der Waals surface area contributed by atoms with E-state index in [1.807, 2.05) is 0 Å². The van der Waals surface area contributed by atoms with Gasteiger partial charge in [0.2, 0.25) is 15.9 Å². The second-order valence-electron chi connectivity index (χ2n) is 5.09. The zero-order valence-corrected chi connectivity index (χ0v) is 13.9. The standard InChI is InChI=1S/C16H14F2N2O4S/c1-10(21)11-3-2-4-13(7-11)25(23,24)19-9-16(22)20-12-5-6-14(17)15(18)8-12/h2-8,19H,9H2,1H3,(H,20,22). The number of anilines is 1. The van der Waals surface area contributed by atoms with Gasteiger partial charge in [-0.2, -0.15) is 0 Å². The van der Waals surface area contributed by atoms with E-state index in [9.17, 15) is 26.8 Å². The first-order chi connectivity index (χ1) is 11.7. The molecule has 2 aromatic rings. The van der Waals surface area contributed by atoms with Crippen LogP contribution in [0.2, 0.25) is 0 Å². The fraction of sp³-hybridized carbons (Fsp3) is 0.125. The van der Waals surface area contributed by atoms with E-state index in [-0.39, 0.29) is 21.9 Å². The number of amides is 1. The summed E-state index contributed by atoms with van der Waals surface area (Å²) in [6, 6.07) is 8.10. The molecule has 0 aliphatic carbocycles. The van der Waals surface area contributed by atoms with E-state index in [0.29, 0.717) is 0 Å². The quantitative estimate of drug-likeness (QED) is 0.764. The maximum absolute atomic E-state index is 13.1. The maximum Gasteiger partial charge on any atom is 0.241 e. The molecule has 2 rings (SSSR count). The Labute approximate surface area is 142 Å². The molecule has 2 N–H and O–H groups in total. The first-order valence-corrected chi connectivity index (χ1v) is 8.53. The van der Waals surface area contributed by atoms with Gasteiger partial charge in [0, 0.05) is 17.3 Å². The van der Waals surface area contributed by atoms with Gasteiger partial charge in [-0.25, -0.2) is 21.9 Å². The van der Waals surface area contributed by atoms with Crippen molar-refractivity contribution in [2.45, 2.75) is 11.8 Å². The number of halogens is 2. The number of hydrogen-bond acceptors (Lipinski definition) is 4. The number of Topliss-reactive ketones (excluding diaryl/α,β-unsaturated/α-hetero) is 1. The van der Waals surface area contributed by atoms with Gasteiger partial charge < -0.3 is 5.32 Å². The van der Waals surface area contributed by atoms with Gasteiger partial charge in [0.05, 0.1) is 11.4 Å². The lowest BCUT2D eigenvalue weighted by Gasteiger charge is -2.09. The number of benzene rings is 2. The Morgan fingerprint density at radius 3 is 2.40 bits per heavy atom. The number of hydrogen-bond donors (Lipinski definition) is 2. The van der Waals surface area contributed by atoms with Gasteiger partial charge >= 0.3 is 0 Å². The van der Waals surface area contributed by atoms with Crippen LogP contribution in [-0.4, -0.2) is 26.7 Å². The summed E-state index contributed by atoms with van der Waals surface area (Å²) in [6.45, 7) is 0.681. The van der Waals surface area contributed by atoms with Crippen molar-refractivity contribution in [2.75, 3.05) is 11.9 Å². The topological polar surface area (TPSA) is 92.3 Å². The summed E-state index contributed by atoms with van der Waals surface area (Å²) < 4.78 is 52.2. The average molecular weight is 368 g/mol. The number of sulfonamides is 1. The summed E-state index contributed by atoms with van der Waals surface area (Å²) in [4.78, 5) is 22.9.